The van der Waals surface area contributed by atoms with Crippen molar-refractivity contribution in [3.63, 3.8) is 0 Å². The highest BCUT2D eigenvalue weighted by molar-refractivity contribution is 5.81. The Labute approximate surface area is 117 Å². The van der Waals surface area contributed by atoms with E-state index >= 15 is 0 Å². The van der Waals surface area contributed by atoms with Gasteiger partial charge in [-0.25, -0.2) is 0 Å². The zero-order valence-electron chi connectivity index (χ0n) is 11.1. The van der Waals surface area contributed by atoms with Crippen LogP contribution >= 0.6 is 0 Å². The van der Waals surface area contributed by atoms with E-state index in [4.69, 9.17) is 4.74 Å². The minimum absolute atomic E-state index is 0.0697. The number of H-pyrrole nitrogens is 1. The zero-order chi connectivity index (χ0) is 15.6. The quantitative estimate of drug-likeness (QED) is 0.886. The van der Waals surface area contributed by atoms with Crippen LogP contribution in [0.2, 0.25) is 0 Å². The highest BCUT2D eigenvalue weighted by Crippen LogP contribution is 2.30. The maximum absolute atomic E-state index is 12.7. The number of benzene rings is 1. The lowest BCUT2D eigenvalue weighted by molar-refractivity contribution is -0.142. The number of carbonyl (C=O) groups is 1. The van der Waals surface area contributed by atoms with Gasteiger partial charge >= 0.3 is 12.1 Å². The van der Waals surface area contributed by atoms with E-state index in [2.05, 4.69) is 4.98 Å². The number of carbonyl (C=O) groups excluding carboxylic acids is 1. The number of aromatic nitrogens is 1. The molecule has 0 saturated carbocycles. The van der Waals surface area contributed by atoms with E-state index in [1.54, 1.807) is 6.92 Å². The van der Waals surface area contributed by atoms with E-state index in [1.165, 1.54) is 12.1 Å². The average molecular weight is 299 g/mol. The van der Waals surface area contributed by atoms with Gasteiger partial charge in [0.2, 0.25) is 0 Å². The SMILES string of the molecule is CCOC(=O)Cc1cc2cc(C(F)(F)F)ccc2[nH]c1=O. The van der Waals surface area contributed by atoms with E-state index < -0.39 is 23.3 Å². The number of rotatable bonds is 3. The van der Waals surface area contributed by atoms with Gasteiger partial charge in [0, 0.05) is 11.1 Å². The molecule has 21 heavy (non-hydrogen) atoms. The lowest BCUT2D eigenvalue weighted by Crippen LogP contribution is -2.18. The molecule has 1 aromatic heterocycles. The summed E-state index contributed by atoms with van der Waals surface area (Å²) in [5.74, 6) is -0.602. The fourth-order valence-electron chi connectivity index (χ4n) is 1.93. The fraction of sp³-hybridized carbons (Fsp3) is 0.286. The molecule has 112 valence electrons. The lowest BCUT2D eigenvalue weighted by atomic mass is 10.1. The second kappa shape index (κ2) is 5.59. The standard InChI is InChI=1S/C14H12F3NO3/c1-2-21-12(19)7-9-5-8-6-10(14(15,16)17)3-4-11(8)18-13(9)20/h3-6H,2,7H2,1H3,(H,18,20). The molecular weight excluding hydrogens is 287 g/mol. The number of hydrogen-bond acceptors (Lipinski definition) is 3. The first kappa shape index (κ1) is 15.1. The van der Waals surface area contributed by atoms with Crippen molar-refractivity contribution in [3.8, 4) is 0 Å². The van der Waals surface area contributed by atoms with Gasteiger partial charge in [-0.2, -0.15) is 13.2 Å². The molecule has 0 radical (unpaired) electrons. The van der Waals surface area contributed by atoms with Gasteiger partial charge in [0.05, 0.1) is 18.6 Å². The normalized spacial score (nSPS) is 11.6. The molecule has 0 atom stereocenters. The van der Waals surface area contributed by atoms with E-state index in [0.29, 0.717) is 0 Å². The average Bonchev–Trinajstić information content (AvgIpc) is 2.38. The van der Waals surface area contributed by atoms with E-state index in [-0.39, 0.29) is 29.5 Å². The molecule has 0 saturated heterocycles. The summed E-state index contributed by atoms with van der Waals surface area (Å²) in [6.07, 6.45) is -4.75. The van der Waals surface area contributed by atoms with Gasteiger partial charge < -0.3 is 9.72 Å². The van der Waals surface area contributed by atoms with Crippen LogP contribution in [0.4, 0.5) is 13.2 Å². The molecule has 4 nitrogen and oxygen atoms in total. The fourth-order valence-corrected chi connectivity index (χ4v) is 1.93. The third kappa shape index (κ3) is 3.42. The Bertz CT molecular complexity index is 734. The third-order valence-electron chi connectivity index (χ3n) is 2.89. The summed E-state index contributed by atoms with van der Waals surface area (Å²) < 4.78 is 42.7. The predicted octanol–water partition coefficient (Wildman–Crippen LogP) is 2.65. The lowest BCUT2D eigenvalue weighted by Gasteiger charge is -2.08. The van der Waals surface area contributed by atoms with Crippen LogP contribution < -0.4 is 5.56 Å². The van der Waals surface area contributed by atoms with Crippen molar-refractivity contribution in [1.82, 2.24) is 4.98 Å². The van der Waals surface area contributed by atoms with Crippen molar-refractivity contribution < 1.29 is 22.7 Å². The molecule has 1 heterocycles. The van der Waals surface area contributed by atoms with Gasteiger partial charge in [0.15, 0.2) is 0 Å². The summed E-state index contributed by atoms with van der Waals surface area (Å²) in [6, 6.07) is 4.29. The summed E-state index contributed by atoms with van der Waals surface area (Å²) in [7, 11) is 0. The van der Waals surface area contributed by atoms with Crippen LogP contribution in [0.5, 0.6) is 0 Å². The first-order valence-corrected chi connectivity index (χ1v) is 6.20. The summed E-state index contributed by atoms with van der Waals surface area (Å²) in [4.78, 5) is 25.6. The number of pyridine rings is 1. The second-order valence-electron chi connectivity index (χ2n) is 4.41. The smallest absolute Gasteiger partial charge is 0.416 e. The van der Waals surface area contributed by atoms with Gasteiger partial charge in [-0.1, -0.05) is 0 Å². The van der Waals surface area contributed by atoms with Gasteiger partial charge in [-0.3, -0.25) is 9.59 Å². The van der Waals surface area contributed by atoms with Gasteiger partial charge in [-0.15, -0.1) is 0 Å². The topological polar surface area (TPSA) is 59.2 Å². The molecule has 0 unspecified atom stereocenters. The van der Waals surface area contributed by atoms with Crippen molar-refractivity contribution in [2.24, 2.45) is 0 Å². The molecule has 0 bridgehead atoms. The van der Waals surface area contributed by atoms with Crippen molar-refractivity contribution in [1.29, 1.82) is 0 Å². The molecular formula is C14H12F3NO3. The molecule has 0 aliphatic heterocycles. The second-order valence-corrected chi connectivity index (χ2v) is 4.41. The largest absolute Gasteiger partial charge is 0.466 e. The van der Waals surface area contributed by atoms with Gasteiger partial charge in [0.25, 0.3) is 5.56 Å². The molecule has 0 aliphatic rings. The third-order valence-corrected chi connectivity index (χ3v) is 2.89. The van der Waals surface area contributed by atoms with Crippen LogP contribution in [0.1, 0.15) is 18.1 Å². The number of alkyl halides is 3. The van der Waals surface area contributed by atoms with Crippen LogP contribution in [0.15, 0.2) is 29.1 Å². The molecule has 0 fully saturated rings. The highest BCUT2D eigenvalue weighted by atomic mass is 19.4. The first-order valence-electron chi connectivity index (χ1n) is 6.20. The first-order chi connectivity index (χ1) is 9.81. The molecule has 1 aromatic carbocycles. The summed E-state index contributed by atoms with van der Waals surface area (Å²) in [5.41, 5.74) is -0.986. The maximum atomic E-state index is 12.7. The molecule has 7 heteroatoms. The Balaban J connectivity index is 2.46. The van der Waals surface area contributed by atoms with E-state index in [1.807, 2.05) is 0 Å². The monoisotopic (exact) mass is 299 g/mol. The van der Waals surface area contributed by atoms with Crippen LogP contribution in [-0.4, -0.2) is 17.6 Å². The minimum atomic E-state index is -4.47. The molecule has 2 aromatic rings. The summed E-state index contributed by atoms with van der Waals surface area (Å²) >= 11 is 0. The summed E-state index contributed by atoms with van der Waals surface area (Å²) in [5, 5.41) is 0.212. The summed E-state index contributed by atoms with van der Waals surface area (Å²) in [6.45, 7) is 1.79. The number of halogens is 3. The number of fused-ring (bicyclic) bond motifs is 1. The Morgan fingerprint density at radius 2 is 2.00 bits per heavy atom. The number of aromatic amines is 1. The molecule has 0 aliphatic carbocycles. The minimum Gasteiger partial charge on any atom is -0.466 e. The van der Waals surface area contributed by atoms with Crippen LogP contribution in [0, 0.1) is 0 Å². The molecule has 2 rings (SSSR count). The van der Waals surface area contributed by atoms with Crippen molar-refractivity contribution in [2.45, 2.75) is 19.5 Å². The van der Waals surface area contributed by atoms with Crippen LogP contribution in [-0.2, 0) is 22.1 Å². The van der Waals surface area contributed by atoms with Crippen LogP contribution in [0.25, 0.3) is 10.9 Å². The Morgan fingerprint density at radius 1 is 1.29 bits per heavy atom. The zero-order valence-corrected chi connectivity index (χ0v) is 11.1. The van der Waals surface area contributed by atoms with Crippen molar-refractivity contribution >= 4 is 16.9 Å². The Kier molecular flexibility index (Phi) is 4.02. The number of ether oxygens (including phenoxy) is 1. The molecule has 1 N–H and O–H groups in total. The van der Waals surface area contributed by atoms with Crippen molar-refractivity contribution in [3.05, 3.63) is 45.7 Å². The molecule has 0 spiro atoms. The van der Waals surface area contributed by atoms with Gasteiger partial charge in [0.1, 0.15) is 0 Å². The van der Waals surface area contributed by atoms with Gasteiger partial charge in [-0.05, 0) is 36.6 Å². The molecule has 0 amide bonds. The number of hydrogen-bond donors (Lipinski definition) is 1. The predicted molar refractivity (Wildman–Crippen MR) is 69.9 cm³/mol. The van der Waals surface area contributed by atoms with E-state index in [9.17, 15) is 22.8 Å². The Hall–Kier alpha value is -2.31. The van der Waals surface area contributed by atoms with E-state index in [0.717, 1.165) is 12.1 Å². The number of esters is 1. The van der Waals surface area contributed by atoms with Crippen molar-refractivity contribution in [2.75, 3.05) is 6.61 Å². The maximum Gasteiger partial charge on any atom is 0.416 e. The Morgan fingerprint density at radius 3 is 2.62 bits per heavy atom. The number of nitrogens with one attached hydrogen (secondary N) is 1. The highest BCUT2D eigenvalue weighted by Gasteiger charge is 2.30. The van der Waals surface area contributed by atoms with Crippen LogP contribution in [0.3, 0.4) is 0 Å².